The molecule has 17 heavy (non-hydrogen) atoms. The SMILES string of the molecule is CC(C)(C)CCOc1cccc(C(C)(C)C)n1. The topological polar surface area (TPSA) is 22.1 Å². The van der Waals surface area contributed by atoms with E-state index in [9.17, 15) is 0 Å². The predicted octanol–water partition coefficient (Wildman–Crippen LogP) is 4.19. The summed E-state index contributed by atoms with van der Waals surface area (Å²) in [7, 11) is 0. The summed E-state index contributed by atoms with van der Waals surface area (Å²) in [5, 5.41) is 0. The van der Waals surface area contributed by atoms with E-state index in [0.717, 1.165) is 24.6 Å². The van der Waals surface area contributed by atoms with Crippen LogP contribution >= 0.6 is 0 Å². The molecule has 0 N–H and O–H groups in total. The molecule has 1 aromatic rings. The van der Waals surface area contributed by atoms with Crippen LogP contribution in [0.15, 0.2) is 18.2 Å². The molecule has 0 aliphatic carbocycles. The van der Waals surface area contributed by atoms with Gasteiger partial charge in [-0.3, -0.25) is 0 Å². The van der Waals surface area contributed by atoms with E-state index >= 15 is 0 Å². The van der Waals surface area contributed by atoms with Gasteiger partial charge in [0, 0.05) is 17.2 Å². The van der Waals surface area contributed by atoms with Crippen LogP contribution in [0.5, 0.6) is 5.88 Å². The number of hydrogen-bond donors (Lipinski definition) is 0. The monoisotopic (exact) mass is 235 g/mol. The van der Waals surface area contributed by atoms with Crippen LogP contribution in [-0.4, -0.2) is 11.6 Å². The van der Waals surface area contributed by atoms with Crippen molar-refractivity contribution < 1.29 is 4.74 Å². The van der Waals surface area contributed by atoms with Gasteiger partial charge in [-0.05, 0) is 17.9 Å². The van der Waals surface area contributed by atoms with Gasteiger partial charge < -0.3 is 4.74 Å². The fourth-order valence-corrected chi connectivity index (χ4v) is 1.37. The van der Waals surface area contributed by atoms with Gasteiger partial charge >= 0.3 is 0 Å². The van der Waals surface area contributed by atoms with Crippen LogP contribution in [-0.2, 0) is 5.41 Å². The van der Waals surface area contributed by atoms with Crippen LogP contribution in [0.3, 0.4) is 0 Å². The molecule has 1 rings (SSSR count). The molecule has 0 bridgehead atoms. The largest absolute Gasteiger partial charge is 0.478 e. The summed E-state index contributed by atoms with van der Waals surface area (Å²) in [6.07, 6.45) is 1.04. The maximum absolute atomic E-state index is 5.71. The molecule has 0 fully saturated rings. The first kappa shape index (κ1) is 14.0. The Balaban J connectivity index is 2.61. The molecule has 0 atom stereocenters. The van der Waals surface area contributed by atoms with Gasteiger partial charge in [-0.15, -0.1) is 0 Å². The molecule has 1 heterocycles. The van der Waals surface area contributed by atoms with Crippen molar-refractivity contribution in [1.82, 2.24) is 4.98 Å². The molecule has 0 aliphatic rings. The van der Waals surface area contributed by atoms with Crippen molar-refractivity contribution in [3.05, 3.63) is 23.9 Å². The van der Waals surface area contributed by atoms with Gasteiger partial charge in [0.05, 0.1) is 6.61 Å². The van der Waals surface area contributed by atoms with Gasteiger partial charge in [0.1, 0.15) is 0 Å². The predicted molar refractivity (Wildman–Crippen MR) is 72.5 cm³/mol. The minimum atomic E-state index is 0.0728. The number of nitrogens with zero attached hydrogens (tertiary/aromatic N) is 1. The summed E-state index contributed by atoms with van der Waals surface area (Å²) in [5.74, 6) is 0.738. The van der Waals surface area contributed by atoms with E-state index in [-0.39, 0.29) is 5.41 Å². The second kappa shape index (κ2) is 5.07. The summed E-state index contributed by atoms with van der Waals surface area (Å²) in [4.78, 5) is 4.54. The quantitative estimate of drug-likeness (QED) is 0.783. The third-order valence-electron chi connectivity index (χ3n) is 2.59. The summed E-state index contributed by atoms with van der Waals surface area (Å²) in [6.45, 7) is 13.9. The number of rotatable bonds is 3. The van der Waals surface area contributed by atoms with Gasteiger partial charge in [0.2, 0.25) is 5.88 Å². The van der Waals surface area contributed by atoms with E-state index in [0.29, 0.717) is 5.41 Å². The molecule has 2 heteroatoms. The molecule has 96 valence electrons. The third kappa shape index (κ3) is 5.20. The van der Waals surface area contributed by atoms with Crippen molar-refractivity contribution in [2.75, 3.05) is 6.61 Å². The highest BCUT2D eigenvalue weighted by atomic mass is 16.5. The molecule has 0 aromatic carbocycles. The molecular formula is C15H25NO. The lowest BCUT2D eigenvalue weighted by Crippen LogP contribution is -2.15. The van der Waals surface area contributed by atoms with E-state index in [4.69, 9.17) is 4.74 Å². The summed E-state index contributed by atoms with van der Waals surface area (Å²) < 4.78 is 5.71. The normalized spacial score (nSPS) is 12.6. The third-order valence-corrected chi connectivity index (χ3v) is 2.59. The van der Waals surface area contributed by atoms with E-state index < -0.39 is 0 Å². The van der Waals surface area contributed by atoms with Crippen molar-refractivity contribution >= 4 is 0 Å². The van der Waals surface area contributed by atoms with E-state index in [1.54, 1.807) is 0 Å². The standard InChI is InChI=1S/C15H25NO/c1-14(2,3)10-11-17-13-9-7-8-12(16-13)15(4,5)6/h7-9H,10-11H2,1-6H3. The van der Waals surface area contributed by atoms with Crippen LogP contribution in [0, 0.1) is 5.41 Å². The minimum absolute atomic E-state index is 0.0728. The number of hydrogen-bond acceptors (Lipinski definition) is 2. The van der Waals surface area contributed by atoms with Crippen molar-refractivity contribution in [3.8, 4) is 5.88 Å². The summed E-state index contributed by atoms with van der Waals surface area (Å²) in [6, 6.07) is 5.99. The van der Waals surface area contributed by atoms with E-state index in [2.05, 4.69) is 52.6 Å². The van der Waals surface area contributed by atoms with Crippen molar-refractivity contribution in [3.63, 3.8) is 0 Å². The van der Waals surface area contributed by atoms with Gasteiger partial charge in [0.15, 0.2) is 0 Å². The molecule has 0 amide bonds. The van der Waals surface area contributed by atoms with Gasteiger partial charge in [0.25, 0.3) is 0 Å². The molecular weight excluding hydrogens is 210 g/mol. The Bertz CT molecular complexity index is 358. The van der Waals surface area contributed by atoms with Gasteiger partial charge in [-0.1, -0.05) is 47.6 Å². The van der Waals surface area contributed by atoms with Crippen LogP contribution in [0.1, 0.15) is 53.7 Å². The lowest BCUT2D eigenvalue weighted by Gasteiger charge is -2.20. The second-order valence-electron chi connectivity index (χ2n) is 6.77. The van der Waals surface area contributed by atoms with Crippen LogP contribution in [0.25, 0.3) is 0 Å². The van der Waals surface area contributed by atoms with Crippen LogP contribution in [0.2, 0.25) is 0 Å². The fraction of sp³-hybridized carbons (Fsp3) is 0.667. The first-order valence-electron chi connectivity index (χ1n) is 6.29. The first-order chi connectivity index (χ1) is 7.68. The molecule has 0 unspecified atom stereocenters. The summed E-state index contributed by atoms with van der Waals surface area (Å²) in [5.41, 5.74) is 1.45. The van der Waals surface area contributed by atoms with E-state index in [1.807, 2.05) is 12.1 Å². The lowest BCUT2D eigenvalue weighted by molar-refractivity contribution is 0.235. The van der Waals surface area contributed by atoms with E-state index in [1.165, 1.54) is 0 Å². The Labute approximate surface area is 105 Å². The molecule has 0 radical (unpaired) electrons. The Morgan fingerprint density at radius 1 is 1.06 bits per heavy atom. The van der Waals surface area contributed by atoms with Crippen molar-refractivity contribution in [2.24, 2.45) is 5.41 Å². The molecule has 0 spiro atoms. The number of ether oxygens (including phenoxy) is 1. The zero-order valence-corrected chi connectivity index (χ0v) is 12.0. The minimum Gasteiger partial charge on any atom is -0.478 e. The van der Waals surface area contributed by atoms with Gasteiger partial charge in [-0.2, -0.15) is 0 Å². The first-order valence-corrected chi connectivity index (χ1v) is 6.29. The Kier molecular flexibility index (Phi) is 4.18. The molecule has 1 aromatic heterocycles. The van der Waals surface area contributed by atoms with Gasteiger partial charge in [-0.25, -0.2) is 4.98 Å². The molecule has 0 aliphatic heterocycles. The highest BCUT2D eigenvalue weighted by Crippen LogP contribution is 2.23. The lowest BCUT2D eigenvalue weighted by atomic mass is 9.92. The summed E-state index contributed by atoms with van der Waals surface area (Å²) >= 11 is 0. The Hall–Kier alpha value is -1.05. The smallest absolute Gasteiger partial charge is 0.213 e. The fourth-order valence-electron chi connectivity index (χ4n) is 1.37. The average Bonchev–Trinajstić information content (AvgIpc) is 2.15. The zero-order chi connectivity index (χ0) is 13.1. The number of pyridine rings is 1. The second-order valence-corrected chi connectivity index (χ2v) is 6.77. The van der Waals surface area contributed by atoms with Crippen LogP contribution in [0.4, 0.5) is 0 Å². The van der Waals surface area contributed by atoms with Crippen molar-refractivity contribution in [2.45, 2.75) is 53.4 Å². The zero-order valence-electron chi connectivity index (χ0n) is 12.0. The maximum Gasteiger partial charge on any atom is 0.213 e. The highest BCUT2D eigenvalue weighted by molar-refractivity contribution is 5.20. The maximum atomic E-state index is 5.71. The number of aromatic nitrogens is 1. The Morgan fingerprint density at radius 2 is 1.71 bits per heavy atom. The average molecular weight is 235 g/mol. The molecule has 2 nitrogen and oxygen atoms in total. The molecule has 0 saturated heterocycles. The van der Waals surface area contributed by atoms with Crippen molar-refractivity contribution in [1.29, 1.82) is 0 Å². The Morgan fingerprint density at radius 3 is 2.24 bits per heavy atom. The highest BCUT2D eigenvalue weighted by Gasteiger charge is 2.16. The van der Waals surface area contributed by atoms with Crippen LogP contribution < -0.4 is 4.74 Å². The molecule has 0 saturated carbocycles.